The highest BCUT2D eigenvalue weighted by molar-refractivity contribution is 5.73. The van der Waals surface area contributed by atoms with E-state index >= 15 is 0 Å². The van der Waals surface area contributed by atoms with Gasteiger partial charge in [-0.25, -0.2) is 0 Å². The van der Waals surface area contributed by atoms with Crippen molar-refractivity contribution in [3.63, 3.8) is 0 Å². The molecule has 0 saturated carbocycles. The van der Waals surface area contributed by atoms with Gasteiger partial charge < -0.3 is 18.9 Å². The number of hydrogen-bond acceptors (Lipinski definition) is 7. The highest BCUT2D eigenvalue weighted by atomic mass is 16.5. The van der Waals surface area contributed by atoms with Crippen molar-refractivity contribution in [3.8, 4) is 23.0 Å². The topological polar surface area (TPSA) is 88.1 Å². The maximum absolute atomic E-state index is 11.8. The van der Waals surface area contributed by atoms with Gasteiger partial charge in [0.2, 0.25) is 0 Å². The number of fused-ring (bicyclic) bond motifs is 1. The first-order valence-electron chi connectivity index (χ1n) is 9.93. The maximum atomic E-state index is 11.8. The van der Waals surface area contributed by atoms with E-state index in [0.29, 0.717) is 23.7 Å². The van der Waals surface area contributed by atoms with Crippen LogP contribution in [0.3, 0.4) is 0 Å². The maximum Gasteiger partial charge on any atom is 0.308 e. The first-order valence-corrected chi connectivity index (χ1v) is 9.93. The average molecular weight is 426 g/mol. The summed E-state index contributed by atoms with van der Waals surface area (Å²) in [5.74, 6) is 0.183. The molecule has 0 amide bonds. The minimum atomic E-state index is -0.606. The smallest absolute Gasteiger partial charge is 0.308 e. The van der Waals surface area contributed by atoms with Crippen LogP contribution in [-0.2, 0) is 19.8 Å². The van der Waals surface area contributed by atoms with Gasteiger partial charge in [0.1, 0.15) is 28.6 Å². The van der Waals surface area contributed by atoms with Crippen molar-refractivity contribution >= 4 is 17.9 Å². The Hall–Kier alpha value is -3.35. The highest BCUT2D eigenvalue weighted by Crippen LogP contribution is 2.52. The lowest BCUT2D eigenvalue weighted by Crippen LogP contribution is -2.43. The fourth-order valence-electron chi connectivity index (χ4n) is 4.22. The molecule has 2 aromatic rings. The van der Waals surface area contributed by atoms with Crippen molar-refractivity contribution in [1.82, 2.24) is 0 Å². The first kappa shape index (κ1) is 22.3. The predicted octanol–water partition coefficient (Wildman–Crippen LogP) is 4.33. The number of ether oxygens (including phenoxy) is 4. The Kier molecular flexibility index (Phi) is 5.81. The molecule has 1 heterocycles. The van der Waals surface area contributed by atoms with Crippen LogP contribution in [0.25, 0.3) is 0 Å². The second-order valence-corrected chi connectivity index (χ2v) is 8.47. The van der Waals surface area contributed by atoms with Crippen LogP contribution in [0.4, 0.5) is 0 Å². The van der Waals surface area contributed by atoms with Crippen molar-refractivity contribution in [1.29, 1.82) is 0 Å². The predicted molar refractivity (Wildman–Crippen MR) is 113 cm³/mol. The molecule has 164 valence electrons. The van der Waals surface area contributed by atoms with E-state index in [2.05, 4.69) is 0 Å². The molecular formula is C24H26O7. The number of rotatable bonds is 4. The summed E-state index contributed by atoms with van der Waals surface area (Å²) in [4.78, 5) is 34.5. The molecule has 7 nitrogen and oxygen atoms in total. The van der Waals surface area contributed by atoms with E-state index in [1.807, 2.05) is 26.8 Å². The standard InChI is InChI=1S/C24H26O7/c1-14(25)28-17-7-9-19(21(11-17)30-16(3)27)24(6)13-23(4,5)31-22-12-18(29-15(2)26)8-10-20(22)24/h7-12H,13H2,1-6H3/t24-/m0/s1. The summed E-state index contributed by atoms with van der Waals surface area (Å²) in [6.45, 7) is 9.92. The fraction of sp³-hybridized carbons (Fsp3) is 0.375. The van der Waals surface area contributed by atoms with Gasteiger partial charge in [-0.2, -0.15) is 0 Å². The summed E-state index contributed by atoms with van der Waals surface area (Å²) in [7, 11) is 0. The van der Waals surface area contributed by atoms with Gasteiger partial charge in [-0.05, 0) is 26.0 Å². The molecule has 2 aromatic carbocycles. The van der Waals surface area contributed by atoms with Crippen LogP contribution in [0, 0.1) is 0 Å². The molecule has 1 atom stereocenters. The zero-order valence-electron chi connectivity index (χ0n) is 18.5. The molecular weight excluding hydrogens is 400 g/mol. The monoisotopic (exact) mass is 426 g/mol. The summed E-state index contributed by atoms with van der Waals surface area (Å²) < 4.78 is 22.1. The number of hydrogen-bond donors (Lipinski definition) is 0. The summed E-state index contributed by atoms with van der Waals surface area (Å²) in [5, 5.41) is 0. The highest BCUT2D eigenvalue weighted by Gasteiger charge is 2.45. The van der Waals surface area contributed by atoms with E-state index in [9.17, 15) is 14.4 Å². The van der Waals surface area contributed by atoms with Crippen LogP contribution < -0.4 is 18.9 Å². The van der Waals surface area contributed by atoms with Crippen LogP contribution in [0.1, 0.15) is 59.1 Å². The minimum Gasteiger partial charge on any atom is -0.487 e. The lowest BCUT2D eigenvalue weighted by Gasteiger charge is -2.45. The molecule has 0 radical (unpaired) electrons. The molecule has 7 heteroatoms. The SMILES string of the molecule is CC(=O)Oc1ccc([C@]2(C)CC(C)(C)Oc3cc(OC(C)=O)ccc32)c(OC(C)=O)c1. The third-order valence-electron chi connectivity index (χ3n) is 5.04. The Morgan fingerprint density at radius 3 is 1.84 bits per heavy atom. The molecule has 31 heavy (non-hydrogen) atoms. The molecule has 1 aliphatic rings. The lowest BCUT2D eigenvalue weighted by molar-refractivity contribution is -0.133. The molecule has 0 fully saturated rings. The van der Waals surface area contributed by atoms with Crippen LogP contribution in [0.15, 0.2) is 36.4 Å². The molecule has 3 rings (SSSR count). The summed E-state index contributed by atoms with van der Waals surface area (Å²) in [6.07, 6.45) is 0.584. The summed E-state index contributed by atoms with van der Waals surface area (Å²) in [5.41, 5.74) is 0.442. The molecule has 0 saturated heterocycles. The number of carbonyl (C=O) groups is 3. The van der Waals surface area contributed by atoms with Crippen LogP contribution in [0.2, 0.25) is 0 Å². The Balaban J connectivity index is 2.18. The largest absolute Gasteiger partial charge is 0.487 e. The average Bonchev–Trinajstić information content (AvgIpc) is 2.58. The third kappa shape index (κ3) is 4.87. The van der Waals surface area contributed by atoms with Crippen LogP contribution in [-0.4, -0.2) is 23.5 Å². The van der Waals surface area contributed by atoms with Crippen molar-refractivity contribution in [3.05, 3.63) is 47.5 Å². The van der Waals surface area contributed by atoms with Gasteiger partial charge in [0.05, 0.1) is 0 Å². The van der Waals surface area contributed by atoms with Gasteiger partial charge in [0.25, 0.3) is 0 Å². The van der Waals surface area contributed by atoms with Crippen LogP contribution in [0.5, 0.6) is 23.0 Å². The van der Waals surface area contributed by atoms with Crippen LogP contribution >= 0.6 is 0 Å². The van der Waals surface area contributed by atoms with E-state index in [0.717, 1.165) is 11.1 Å². The van der Waals surface area contributed by atoms with Gasteiger partial charge in [0.15, 0.2) is 0 Å². The normalized spacial score (nSPS) is 18.9. The van der Waals surface area contributed by atoms with Crippen molar-refractivity contribution in [2.75, 3.05) is 0 Å². The van der Waals surface area contributed by atoms with E-state index in [1.165, 1.54) is 20.8 Å². The van der Waals surface area contributed by atoms with Gasteiger partial charge in [0, 0.05) is 55.9 Å². The minimum absolute atomic E-state index is 0.285. The number of carbonyl (C=O) groups excluding carboxylic acids is 3. The van der Waals surface area contributed by atoms with Gasteiger partial charge >= 0.3 is 17.9 Å². The molecule has 0 unspecified atom stereocenters. The first-order chi connectivity index (χ1) is 14.4. The lowest BCUT2D eigenvalue weighted by atomic mass is 9.67. The molecule has 0 N–H and O–H groups in total. The van der Waals surface area contributed by atoms with Crippen molar-refractivity contribution < 1.29 is 33.3 Å². The Bertz CT molecular complexity index is 1050. The zero-order valence-corrected chi connectivity index (χ0v) is 18.5. The van der Waals surface area contributed by atoms with E-state index in [1.54, 1.807) is 30.3 Å². The molecule has 0 aliphatic carbocycles. The summed E-state index contributed by atoms with van der Waals surface area (Å²) in [6, 6.07) is 10.2. The second kappa shape index (κ2) is 8.06. The van der Waals surface area contributed by atoms with E-state index < -0.39 is 28.9 Å². The van der Waals surface area contributed by atoms with E-state index in [-0.39, 0.29) is 5.75 Å². The summed E-state index contributed by atoms with van der Waals surface area (Å²) >= 11 is 0. The Morgan fingerprint density at radius 2 is 1.29 bits per heavy atom. The van der Waals surface area contributed by atoms with Crippen molar-refractivity contribution in [2.45, 2.75) is 59.0 Å². The Labute approximate surface area is 181 Å². The van der Waals surface area contributed by atoms with Crippen molar-refractivity contribution in [2.24, 2.45) is 0 Å². The Morgan fingerprint density at radius 1 is 0.774 bits per heavy atom. The third-order valence-corrected chi connectivity index (χ3v) is 5.04. The van der Waals surface area contributed by atoms with Gasteiger partial charge in [-0.3, -0.25) is 14.4 Å². The second-order valence-electron chi connectivity index (χ2n) is 8.47. The van der Waals surface area contributed by atoms with E-state index in [4.69, 9.17) is 18.9 Å². The molecule has 1 aliphatic heterocycles. The zero-order chi connectivity index (χ0) is 23.0. The van der Waals surface area contributed by atoms with Gasteiger partial charge in [-0.1, -0.05) is 19.1 Å². The number of esters is 3. The quantitative estimate of drug-likeness (QED) is 0.531. The molecule has 0 aromatic heterocycles. The molecule has 0 spiro atoms. The fourth-order valence-corrected chi connectivity index (χ4v) is 4.22. The molecule has 0 bridgehead atoms. The number of benzene rings is 2. The van der Waals surface area contributed by atoms with Gasteiger partial charge in [-0.15, -0.1) is 0 Å².